The molecule has 0 radical (unpaired) electrons. The van der Waals surface area contributed by atoms with Crippen LogP contribution in [0.3, 0.4) is 0 Å². The van der Waals surface area contributed by atoms with Gasteiger partial charge in [0.2, 0.25) is 5.69 Å². The van der Waals surface area contributed by atoms with Gasteiger partial charge in [-0.05, 0) is 102 Å². The molecule has 2 aliphatic carbocycles. The van der Waals surface area contributed by atoms with Crippen LogP contribution in [0.2, 0.25) is 0 Å². The number of hydrogen-bond donors (Lipinski definition) is 0. The van der Waals surface area contributed by atoms with Crippen LogP contribution in [0, 0.1) is 18.8 Å². The Morgan fingerprint density at radius 2 is 1.41 bits per heavy atom. The maximum Gasteiger partial charge on any atom is 0.220 e. The molecular formula is C36H50N+. The van der Waals surface area contributed by atoms with Crippen molar-refractivity contribution in [1.29, 1.82) is 0 Å². The third-order valence-electron chi connectivity index (χ3n) is 9.75. The normalized spacial score (nSPS) is 18.4. The molecule has 0 amide bonds. The van der Waals surface area contributed by atoms with E-state index >= 15 is 0 Å². The molecule has 5 rings (SSSR count). The first-order valence-corrected chi connectivity index (χ1v) is 15.3. The second kappa shape index (κ2) is 11.3. The molecule has 2 saturated carbocycles. The number of rotatable bonds is 6. The summed E-state index contributed by atoms with van der Waals surface area (Å²) in [5.41, 5.74) is 8.63. The van der Waals surface area contributed by atoms with Crippen molar-refractivity contribution in [3.8, 4) is 11.3 Å². The first kappa shape index (κ1) is 25.1. The van der Waals surface area contributed by atoms with E-state index in [2.05, 4.69) is 82.6 Å². The quantitative estimate of drug-likeness (QED) is 0.298. The van der Waals surface area contributed by atoms with Crippen LogP contribution in [0.1, 0.15) is 133 Å². The molecule has 0 unspecified atom stereocenters. The molecule has 198 valence electrons. The van der Waals surface area contributed by atoms with Crippen LogP contribution < -0.4 is 4.57 Å². The summed E-state index contributed by atoms with van der Waals surface area (Å²) in [7, 11) is 2.10. The highest BCUT2D eigenvalue weighted by atomic mass is 14.9. The topological polar surface area (TPSA) is 3.88 Å². The Hall–Kier alpha value is -2.15. The summed E-state index contributed by atoms with van der Waals surface area (Å²) in [6.07, 6.45) is 14.1. The lowest BCUT2D eigenvalue weighted by Crippen LogP contribution is -2.31. The van der Waals surface area contributed by atoms with Crippen molar-refractivity contribution < 1.29 is 5.94 Å². The number of hydrogen-bond acceptors (Lipinski definition) is 0. The smallest absolute Gasteiger partial charge is 0.200 e. The Morgan fingerprint density at radius 1 is 0.784 bits per heavy atom. The molecule has 1 heterocycles. The van der Waals surface area contributed by atoms with E-state index in [0.29, 0.717) is 35.8 Å². The fraction of sp³-hybridized carbons (Fsp3) is 0.583. The van der Waals surface area contributed by atoms with Gasteiger partial charge in [0.05, 0.1) is 10.9 Å². The van der Waals surface area contributed by atoms with E-state index in [1.807, 2.05) is 0 Å². The Bertz CT molecular complexity index is 1270. The predicted molar refractivity (Wildman–Crippen MR) is 159 cm³/mol. The molecule has 0 saturated heterocycles. The van der Waals surface area contributed by atoms with Crippen LogP contribution in [-0.4, -0.2) is 0 Å². The maximum atomic E-state index is 8.97. The largest absolute Gasteiger partial charge is 0.220 e. The lowest BCUT2D eigenvalue weighted by molar-refractivity contribution is -0.659. The third-order valence-corrected chi connectivity index (χ3v) is 9.75. The van der Waals surface area contributed by atoms with Gasteiger partial charge in [0, 0.05) is 6.07 Å². The molecule has 0 atom stereocenters. The molecule has 2 fully saturated rings. The molecule has 1 heteroatoms. The lowest BCUT2D eigenvalue weighted by Gasteiger charge is -2.28. The molecule has 37 heavy (non-hydrogen) atoms. The summed E-state index contributed by atoms with van der Waals surface area (Å²) in [4.78, 5) is 0. The average Bonchev–Trinajstić information content (AvgIpc) is 2.90. The highest BCUT2D eigenvalue weighted by Crippen LogP contribution is 2.43. The molecular weight excluding hydrogens is 446 g/mol. The molecule has 0 N–H and O–H groups in total. The standard InChI is InChI=1S/C36H50N/c1-24(2)35(25(3)4)30-17-18-32-29(21-30)19-20-37(6)36(32)34-23-31(27-13-9-7-10-14-27)22-33(26(34)5)28-15-11-8-12-16-28/h17-25,27-28,35H,7-16H2,1-6H3/q+1/i20D. The molecule has 1 nitrogen and oxygen atoms in total. The van der Waals surface area contributed by atoms with Gasteiger partial charge in [-0.1, -0.05) is 84.4 Å². The Balaban J connectivity index is 1.72. The number of benzene rings is 2. The minimum absolute atomic E-state index is 0.528. The van der Waals surface area contributed by atoms with Crippen LogP contribution >= 0.6 is 0 Å². The van der Waals surface area contributed by atoms with E-state index in [1.165, 1.54) is 97.4 Å². The van der Waals surface area contributed by atoms with Crippen molar-refractivity contribution in [1.82, 2.24) is 0 Å². The second-order valence-corrected chi connectivity index (χ2v) is 13.0. The number of aromatic nitrogens is 1. The monoisotopic (exact) mass is 497 g/mol. The van der Waals surface area contributed by atoms with Gasteiger partial charge in [-0.25, -0.2) is 4.57 Å². The summed E-state index contributed by atoms with van der Waals surface area (Å²) < 4.78 is 11.1. The summed E-state index contributed by atoms with van der Waals surface area (Å²) in [5.74, 6) is 3.08. The summed E-state index contributed by atoms with van der Waals surface area (Å²) in [6, 6.07) is 14.4. The van der Waals surface area contributed by atoms with E-state index in [-0.39, 0.29) is 0 Å². The fourth-order valence-corrected chi connectivity index (χ4v) is 7.92. The van der Waals surface area contributed by atoms with Crippen molar-refractivity contribution in [2.45, 2.75) is 117 Å². The van der Waals surface area contributed by atoms with Crippen LogP contribution in [0.5, 0.6) is 0 Å². The molecule has 2 aliphatic rings. The summed E-state index contributed by atoms with van der Waals surface area (Å²) in [6.45, 7) is 11.7. The van der Waals surface area contributed by atoms with Crippen LogP contribution in [0.25, 0.3) is 22.0 Å². The van der Waals surface area contributed by atoms with Crippen LogP contribution in [-0.2, 0) is 7.05 Å². The SMILES string of the molecule is [2H]c1cc2cc(C(C(C)C)C(C)C)ccc2c(-c2cc(C3CCCCC3)cc(C3CCCCC3)c2C)[n+]1C. The fourth-order valence-electron chi connectivity index (χ4n) is 7.92. The Morgan fingerprint density at radius 3 is 2.03 bits per heavy atom. The van der Waals surface area contributed by atoms with Gasteiger partial charge in [-0.3, -0.25) is 0 Å². The van der Waals surface area contributed by atoms with Crippen molar-refractivity contribution in [2.75, 3.05) is 0 Å². The van der Waals surface area contributed by atoms with E-state index < -0.39 is 0 Å². The van der Waals surface area contributed by atoms with E-state index in [4.69, 9.17) is 1.37 Å². The highest BCUT2D eigenvalue weighted by Gasteiger charge is 2.27. The minimum atomic E-state index is 0.528. The van der Waals surface area contributed by atoms with E-state index in [1.54, 1.807) is 11.1 Å². The van der Waals surface area contributed by atoms with Gasteiger partial charge in [-0.2, -0.15) is 0 Å². The van der Waals surface area contributed by atoms with Crippen molar-refractivity contribution in [2.24, 2.45) is 18.9 Å². The molecule has 0 aliphatic heterocycles. The van der Waals surface area contributed by atoms with Gasteiger partial charge < -0.3 is 0 Å². The van der Waals surface area contributed by atoms with Gasteiger partial charge >= 0.3 is 0 Å². The average molecular weight is 498 g/mol. The summed E-state index contributed by atoms with van der Waals surface area (Å²) >= 11 is 0. The van der Waals surface area contributed by atoms with Crippen molar-refractivity contribution >= 4 is 10.8 Å². The van der Waals surface area contributed by atoms with Gasteiger partial charge in [0.25, 0.3) is 0 Å². The van der Waals surface area contributed by atoms with Crippen molar-refractivity contribution in [3.63, 3.8) is 0 Å². The Kier molecular flexibility index (Phi) is 7.68. The van der Waals surface area contributed by atoms with E-state index in [0.717, 1.165) is 0 Å². The van der Waals surface area contributed by atoms with Gasteiger partial charge in [0.1, 0.15) is 8.42 Å². The lowest BCUT2D eigenvalue weighted by atomic mass is 9.76. The Labute approximate surface area is 228 Å². The van der Waals surface area contributed by atoms with E-state index in [9.17, 15) is 0 Å². The zero-order valence-corrected chi connectivity index (χ0v) is 24.4. The number of nitrogens with zero attached hydrogens (tertiary/aromatic N) is 1. The zero-order valence-electron chi connectivity index (χ0n) is 25.4. The highest BCUT2D eigenvalue weighted by molar-refractivity contribution is 5.94. The third kappa shape index (κ3) is 5.39. The molecule has 1 aromatic heterocycles. The maximum absolute atomic E-state index is 8.97. The predicted octanol–water partition coefficient (Wildman–Crippen LogP) is 10.1. The zero-order chi connectivity index (χ0) is 27.0. The first-order valence-electron chi connectivity index (χ1n) is 15.8. The number of pyridine rings is 1. The molecule has 0 bridgehead atoms. The molecule has 2 aromatic carbocycles. The second-order valence-electron chi connectivity index (χ2n) is 13.0. The van der Waals surface area contributed by atoms with Gasteiger partial charge in [-0.15, -0.1) is 0 Å². The minimum Gasteiger partial charge on any atom is -0.200 e. The molecule has 0 spiro atoms. The summed E-state index contributed by atoms with van der Waals surface area (Å²) in [5, 5.41) is 2.51. The first-order chi connectivity index (χ1) is 18.3. The van der Waals surface area contributed by atoms with Crippen molar-refractivity contribution in [3.05, 3.63) is 64.8 Å². The molecule has 3 aromatic rings. The van der Waals surface area contributed by atoms with Gasteiger partial charge in [0.15, 0.2) is 6.17 Å². The number of fused-ring (bicyclic) bond motifs is 1. The van der Waals surface area contributed by atoms with Crippen LogP contribution in [0.15, 0.2) is 42.6 Å². The van der Waals surface area contributed by atoms with Crippen LogP contribution in [0.4, 0.5) is 0 Å².